The van der Waals surface area contributed by atoms with Crippen LogP contribution in [0.4, 0.5) is 5.69 Å². The number of aromatic nitrogens is 2. The fourth-order valence-corrected chi connectivity index (χ4v) is 3.32. The minimum atomic E-state index is -0.376. The highest BCUT2D eigenvalue weighted by atomic mass is 79.9. The van der Waals surface area contributed by atoms with Crippen molar-refractivity contribution < 1.29 is 9.21 Å². The zero-order chi connectivity index (χ0) is 17.8. The molecule has 0 fully saturated rings. The van der Waals surface area contributed by atoms with E-state index in [9.17, 15) is 4.79 Å². The van der Waals surface area contributed by atoms with Crippen LogP contribution in [0.3, 0.4) is 0 Å². The van der Waals surface area contributed by atoms with Gasteiger partial charge in [-0.25, -0.2) is 0 Å². The van der Waals surface area contributed by atoms with E-state index < -0.39 is 0 Å². The summed E-state index contributed by atoms with van der Waals surface area (Å²) in [5.74, 6) is 0.291. The number of rotatable bonds is 5. The van der Waals surface area contributed by atoms with Crippen molar-refractivity contribution in [2.45, 2.75) is 17.4 Å². The molecule has 1 heterocycles. The largest absolute Gasteiger partial charge is 0.411 e. The molecule has 0 aliphatic carbocycles. The van der Waals surface area contributed by atoms with E-state index >= 15 is 0 Å². The van der Waals surface area contributed by atoms with Crippen LogP contribution in [0.2, 0.25) is 0 Å². The lowest BCUT2D eigenvalue weighted by molar-refractivity contribution is -0.115. The molecule has 3 rings (SSSR count). The average Bonchev–Trinajstić information content (AvgIpc) is 3.05. The summed E-state index contributed by atoms with van der Waals surface area (Å²) >= 11 is 7.99. The number of amides is 1. The molecule has 0 bridgehead atoms. The van der Waals surface area contributed by atoms with Crippen LogP contribution in [-0.4, -0.2) is 21.4 Å². The predicted molar refractivity (Wildman–Crippen MR) is 106 cm³/mol. The number of hydrogen-bond acceptors (Lipinski definition) is 5. The third-order valence-electron chi connectivity index (χ3n) is 3.24. The Hall–Kier alpha value is -1.64. The van der Waals surface area contributed by atoms with Gasteiger partial charge in [-0.15, -0.1) is 10.2 Å². The van der Waals surface area contributed by atoms with Crippen LogP contribution in [0.15, 0.2) is 67.1 Å². The van der Waals surface area contributed by atoms with E-state index in [0.29, 0.717) is 11.1 Å². The summed E-state index contributed by atoms with van der Waals surface area (Å²) in [6.45, 7) is 1.79. The molecule has 8 heteroatoms. The summed E-state index contributed by atoms with van der Waals surface area (Å²) in [6, 6.07) is 15.0. The molecule has 1 amide bonds. The summed E-state index contributed by atoms with van der Waals surface area (Å²) in [5, 5.41) is 10.9. The molecule has 0 aliphatic rings. The van der Waals surface area contributed by atoms with Gasteiger partial charge in [-0.05, 0) is 49.4 Å². The zero-order valence-corrected chi connectivity index (χ0v) is 17.1. The molecule has 0 unspecified atom stereocenters. The van der Waals surface area contributed by atoms with Gasteiger partial charge in [0.25, 0.3) is 5.22 Å². The fraction of sp³-hybridized carbons (Fsp3) is 0.118. The first-order valence-electron chi connectivity index (χ1n) is 7.34. The van der Waals surface area contributed by atoms with Crippen molar-refractivity contribution in [3.63, 3.8) is 0 Å². The molecule has 0 saturated heterocycles. The molecular weight excluding hydrogens is 470 g/mol. The second-order valence-electron chi connectivity index (χ2n) is 5.14. The van der Waals surface area contributed by atoms with Crippen LogP contribution in [0.25, 0.3) is 11.5 Å². The number of thioether (sulfide) groups is 1. The lowest BCUT2D eigenvalue weighted by atomic mass is 10.2. The molecule has 128 valence electrons. The van der Waals surface area contributed by atoms with E-state index in [1.54, 1.807) is 6.92 Å². The number of nitrogens with zero attached hydrogens (tertiary/aromatic N) is 2. The molecule has 5 nitrogen and oxygen atoms in total. The fourth-order valence-electron chi connectivity index (χ4n) is 1.98. The predicted octanol–water partition coefficient (Wildman–Crippen LogP) is 5.38. The maximum absolute atomic E-state index is 12.3. The van der Waals surface area contributed by atoms with E-state index in [1.807, 2.05) is 48.5 Å². The van der Waals surface area contributed by atoms with Gasteiger partial charge in [0, 0.05) is 20.2 Å². The van der Waals surface area contributed by atoms with Crippen LogP contribution in [0.1, 0.15) is 6.92 Å². The Morgan fingerprint density at radius 3 is 2.60 bits per heavy atom. The quantitative estimate of drug-likeness (QED) is 0.494. The number of carbonyl (C=O) groups is 1. The number of halogens is 2. The first-order chi connectivity index (χ1) is 12.0. The highest BCUT2D eigenvalue weighted by molar-refractivity contribution is 9.10. The normalized spacial score (nSPS) is 12.0. The monoisotopic (exact) mass is 481 g/mol. The van der Waals surface area contributed by atoms with Gasteiger partial charge in [-0.2, -0.15) is 0 Å². The second kappa shape index (κ2) is 8.16. The Bertz CT molecular complexity index is 884. The van der Waals surface area contributed by atoms with Crippen LogP contribution >= 0.6 is 43.6 Å². The van der Waals surface area contributed by atoms with Gasteiger partial charge in [-0.1, -0.05) is 49.7 Å². The summed E-state index contributed by atoms with van der Waals surface area (Å²) in [7, 11) is 0. The van der Waals surface area contributed by atoms with Crippen LogP contribution in [0.5, 0.6) is 0 Å². The van der Waals surface area contributed by atoms with Gasteiger partial charge >= 0.3 is 0 Å². The lowest BCUT2D eigenvalue weighted by Gasteiger charge is -2.09. The Morgan fingerprint density at radius 1 is 1.12 bits per heavy atom. The zero-order valence-electron chi connectivity index (χ0n) is 13.1. The van der Waals surface area contributed by atoms with Crippen LogP contribution < -0.4 is 5.32 Å². The number of anilines is 1. The highest BCUT2D eigenvalue weighted by Crippen LogP contribution is 2.28. The van der Waals surface area contributed by atoms with Gasteiger partial charge in [0.2, 0.25) is 11.8 Å². The van der Waals surface area contributed by atoms with Gasteiger partial charge in [-0.3, -0.25) is 4.79 Å². The number of benzene rings is 2. The highest BCUT2D eigenvalue weighted by Gasteiger charge is 2.19. The van der Waals surface area contributed by atoms with E-state index in [1.165, 1.54) is 11.8 Å². The minimum Gasteiger partial charge on any atom is -0.411 e. The standard InChI is InChI=1S/C17H13Br2N3O2S/c1-10(15(23)20-14-7-5-12(18)6-8-14)25-17-22-21-16(24-17)11-3-2-4-13(19)9-11/h2-10H,1H3,(H,20,23)/t10-/m1/s1. The van der Waals surface area contributed by atoms with E-state index in [4.69, 9.17) is 4.42 Å². The van der Waals surface area contributed by atoms with Crippen molar-refractivity contribution in [3.8, 4) is 11.5 Å². The van der Waals surface area contributed by atoms with Crippen molar-refractivity contribution in [1.82, 2.24) is 10.2 Å². The minimum absolute atomic E-state index is 0.130. The summed E-state index contributed by atoms with van der Waals surface area (Å²) in [5.41, 5.74) is 1.56. The third kappa shape index (κ3) is 4.93. The molecule has 0 spiro atoms. The molecule has 2 aromatic carbocycles. The molecule has 1 atom stereocenters. The smallest absolute Gasteiger partial charge is 0.277 e. The van der Waals surface area contributed by atoms with Gasteiger partial charge in [0.1, 0.15) is 0 Å². The van der Waals surface area contributed by atoms with Crippen molar-refractivity contribution in [2.75, 3.05) is 5.32 Å². The molecule has 0 radical (unpaired) electrons. The van der Waals surface area contributed by atoms with E-state index in [0.717, 1.165) is 20.2 Å². The Labute approximate surface area is 165 Å². The van der Waals surface area contributed by atoms with Crippen molar-refractivity contribution >= 4 is 55.2 Å². The Kier molecular flexibility index (Phi) is 5.93. The molecule has 1 aromatic heterocycles. The number of carbonyl (C=O) groups excluding carboxylic acids is 1. The van der Waals surface area contributed by atoms with E-state index in [2.05, 4.69) is 47.4 Å². The van der Waals surface area contributed by atoms with Crippen molar-refractivity contribution in [2.24, 2.45) is 0 Å². The van der Waals surface area contributed by atoms with Crippen LogP contribution in [-0.2, 0) is 4.79 Å². The Balaban J connectivity index is 1.64. The van der Waals surface area contributed by atoms with Crippen LogP contribution in [0, 0.1) is 0 Å². The molecule has 0 aliphatic heterocycles. The molecule has 1 N–H and O–H groups in total. The average molecular weight is 483 g/mol. The third-order valence-corrected chi connectivity index (χ3v) is 5.19. The maximum Gasteiger partial charge on any atom is 0.277 e. The number of hydrogen-bond donors (Lipinski definition) is 1. The molecule has 25 heavy (non-hydrogen) atoms. The van der Waals surface area contributed by atoms with E-state index in [-0.39, 0.29) is 11.2 Å². The molecule has 0 saturated carbocycles. The van der Waals surface area contributed by atoms with Crippen molar-refractivity contribution in [3.05, 3.63) is 57.5 Å². The second-order valence-corrected chi connectivity index (χ2v) is 8.26. The summed E-state index contributed by atoms with van der Waals surface area (Å²) in [6.07, 6.45) is 0. The first kappa shape index (κ1) is 18.2. The number of nitrogens with one attached hydrogen (secondary N) is 1. The summed E-state index contributed by atoms with van der Waals surface area (Å²) in [4.78, 5) is 12.3. The maximum atomic E-state index is 12.3. The Morgan fingerprint density at radius 2 is 1.88 bits per heavy atom. The topological polar surface area (TPSA) is 68.0 Å². The van der Waals surface area contributed by atoms with Gasteiger partial charge < -0.3 is 9.73 Å². The SMILES string of the molecule is C[C@@H](Sc1nnc(-c2cccc(Br)c2)o1)C(=O)Nc1ccc(Br)cc1. The molecule has 3 aromatic rings. The summed E-state index contributed by atoms with van der Waals surface area (Å²) < 4.78 is 7.53. The lowest BCUT2D eigenvalue weighted by Crippen LogP contribution is -2.22. The molecular formula is C17H13Br2N3O2S. The van der Waals surface area contributed by atoms with Gasteiger partial charge in [0.05, 0.1) is 5.25 Å². The first-order valence-corrected chi connectivity index (χ1v) is 9.80. The van der Waals surface area contributed by atoms with Crippen molar-refractivity contribution in [1.29, 1.82) is 0 Å². The van der Waals surface area contributed by atoms with Gasteiger partial charge in [0.15, 0.2) is 0 Å².